The van der Waals surface area contributed by atoms with Crippen LogP contribution in [0.3, 0.4) is 0 Å². The van der Waals surface area contributed by atoms with Crippen LogP contribution in [-0.4, -0.2) is 13.1 Å². The molecule has 2 bridgehead atoms. The van der Waals surface area contributed by atoms with E-state index in [1.54, 1.807) is 0 Å². The van der Waals surface area contributed by atoms with Crippen LogP contribution < -0.4 is 0 Å². The molecule has 3 aliphatic rings. The Kier molecular flexibility index (Phi) is 6.18. The summed E-state index contributed by atoms with van der Waals surface area (Å²) in [7, 11) is 1.46. The molecule has 2 unspecified atom stereocenters. The quantitative estimate of drug-likeness (QED) is 0.203. The van der Waals surface area contributed by atoms with Gasteiger partial charge in [0, 0.05) is 39.7 Å². The first kappa shape index (κ1) is 24.5. The Hall–Kier alpha value is -4.79. The predicted molar refractivity (Wildman–Crippen MR) is 156 cm³/mol. The van der Waals surface area contributed by atoms with Crippen LogP contribution in [0.1, 0.15) is 74.4 Å². The summed E-state index contributed by atoms with van der Waals surface area (Å²) in [6.07, 6.45) is 0. The summed E-state index contributed by atoms with van der Waals surface area (Å²) < 4.78 is 5.31. The average Bonchev–Trinajstić information content (AvgIpc) is 2.96. The first-order valence-corrected chi connectivity index (χ1v) is 13.2. The fourth-order valence-electron chi connectivity index (χ4n) is 5.90. The van der Waals surface area contributed by atoms with Crippen molar-refractivity contribution in [1.29, 1.82) is 0 Å². The Balaban J connectivity index is 1.59. The molecule has 0 saturated carbocycles. The molecule has 3 aliphatic carbocycles. The molecule has 0 spiro atoms. The molecule has 0 aromatic heterocycles. The summed E-state index contributed by atoms with van der Waals surface area (Å²) in [6, 6.07) is 29.1. The van der Waals surface area contributed by atoms with Crippen LogP contribution in [0.2, 0.25) is 0 Å². The average molecular weight is 505 g/mol. The molecule has 0 saturated heterocycles. The van der Waals surface area contributed by atoms with Gasteiger partial charge in [-0.15, -0.1) is 0 Å². The molecule has 2 heteroatoms. The van der Waals surface area contributed by atoms with E-state index >= 15 is 0 Å². The number of carbonyl (C=O) groups is 1. The molecular formula is C37H28O2. The van der Waals surface area contributed by atoms with E-state index < -0.39 is 0 Å². The van der Waals surface area contributed by atoms with Gasteiger partial charge in [-0.3, -0.25) is 0 Å². The van der Waals surface area contributed by atoms with Gasteiger partial charge in [-0.25, -0.2) is 4.79 Å². The molecule has 188 valence electrons. The maximum Gasteiger partial charge on any atom is 0.334 e. The highest BCUT2D eigenvalue weighted by Crippen LogP contribution is 2.57. The molecule has 39 heavy (non-hydrogen) atoms. The maximum atomic E-state index is 13.2. The lowest BCUT2D eigenvalue weighted by atomic mass is 9.59. The van der Waals surface area contributed by atoms with Crippen molar-refractivity contribution in [3.8, 4) is 23.7 Å². The maximum absolute atomic E-state index is 13.2. The fourth-order valence-corrected chi connectivity index (χ4v) is 5.90. The normalized spacial score (nSPS) is 16.3. The Bertz CT molecular complexity index is 1780. The number of esters is 1. The lowest BCUT2D eigenvalue weighted by molar-refractivity contribution is -0.136. The minimum atomic E-state index is -0.281. The lowest BCUT2D eigenvalue weighted by Crippen LogP contribution is -2.32. The number of rotatable bonds is 1. The van der Waals surface area contributed by atoms with Crippen molar-refractivity contribution in [1.82, 2.24) is 0 Å². The van der Waals surface area contributed by atoms with Gasteiger partial charge in [0.15, 0.2) is 0 Å². The Morgan fingerprint density at radius 3 is 1.56 bits per heavy atom. The van der Waals surface area contributed by atoms with E-state index in [0.717, 1.165) is 50.1 Å². The molecule has 0 heterocycles. The molecule has 0 aliphatic heterocycles. The van der Waals surface area contributed by atoms with Crippen molar-refractivity contribution >= 4 is 5.97 Å². The zero-order valence-electron chi connectivity index (χ0n) is 22.6. The zero-order valence-corrected chi connectivity index (χ0v) is 22.6. The Morgan fingerprint density at radius 1 is 0.615 bits per heavy atom. The van der Waals surface area contributed by atoms with Gasteiger partial charge in [0.05, 0.1) is 7.11 Å². The van der Waals surface area contributed by atoms with E-state index in [4.69, 9.17) is 4.74 Å². The van der Waals surface area contributed by atoms with E-state index in [-0.39, 0.29) is 17.8 Å². The molecule has 0 radical (unpaired) electrons. The monoisotopic (exact) mass is 504 g/mol. The zero-order chi connectivity index (χ0) is 27.1. The molecule has 0 N–H and O–H groups in total. The molecule has 4 aromatic carbocycles. The number of benzene rings is 4. The van der Waals surface area contributed by atoms with Gasteiger partial charge in [-0.1, -0.05) is 83.3 Å². The number of allylic oxidation sites excluding steroid dienone is 1. The highest BCUT2D eigenvalue weighted by molar-refractivity contribution is 5.95. The minimum absolute atomic E-state index is 0.0845. The van der Waals surface area contributed by atoms with Gasteiger partial charge in [0.1, 0.15) is 0 Å². The highest BCUT2D eigenvalue weighted by atomic mass is 16.5. The second kappa shape index (κ2) is 9.83. The van der Waals surface area contributed by atoms with E-state index in [1.807, 2.05) is 18.2 Å². The van der Waals surface area contributed by atoms with Crippen molar-refractivity contribution in [2.75, 3.05) is 7.11 Å². The first-order chi connectivity index (χ1) is 19.0. The number of aryl methyl sites for hydroxylation is 2. The number of hydrogen-bond acceptors (Lipinski definition) is 2. The fraction of sp³-hybridized carbons (Fsp3) is 0.162. The molecule has 0 fully saturated rings. The highest BCUT2D eigenvalue weighted by Gasteiger charge is 2.46. The summed E-state index contributed by atoms with van der Waals surface area (Å²) in [5, 5.41) is 0. The Morgan fingerprint density at radius 2 is 1.08 bits per heavy atom. The molecule has 0 amide bonds. The van der Waals surface area contributed by atoms with E-state index in [2.05, 4.69) is 111 Å². The second-order valence-corrected chi connectivity index (χ2v) is 10.3. The molecule has 2 nitrogen and oxygen atoms in total. The summed E-state index contributed by atoms with van der Waals surface area (Å²) >= 11 is 0. The number of ether oxygens (including phenoxy) is 1. The van der Waals surface area contributed by atoms with Gasteiger partial charge in [-0.2, -0.15) is 0 Å². The van der Waals surface area contributed by atoms with Crippen molar-refractivity contribution < 1.29 is 9.53 Å². The van der Waals surface area contributed by atoms with Gasteiger partial charge in [0.2, 0.25) is 0 Å². The second-order valence-electron chi connectivity index (χ2n) is 10.3. The van der Waals surface area contributed by atoms with E-state index in [9.17, 15) is 4.79 Å². The minimum Gasteiger partial charge on any atom is -0.466 e. The number of carbonyl (C=O) groups excluding carboxylic acids is 1. The standard InChI is InChI=1S/C37H28O2/c1-23-9-13-26(14-10-23)17-19-28-21-22-29(20-18-27-15-11-24(2)12-16-27)35-34(28)32-25(3)33(37(38)39-4)36(35)31-8-6-5-7-30(31)32/h5-16,21-22,32,36H,1-4H3. The van der Waals surface area contributed by atoms with Gasteiger partial charge < -0.3 is 4.74 Å². The third kappa shape index (κ3) is 4.25. The summed E-state index contributed by atoms with van der Waals surface area (Å²) in [5.41, 5.74) is 12.6. The van der Waals surface area contributed by atoms with Crippen molar-refractivity contribution in [3.05, 3.63) is 152 Å². The molecular weight excluding hydrogens is 476 g/mol. The SMILES string of the molecule is COC(=O)C1=C(C)C2c3ccccc3C1c1c(C#Cc3ccc(C)cc3)ccc(C#Cc3ccc(C)cc3)c12. The van der Waals surface area contributed by atoms with Crippen molar-refractivity contribution in [2.24, 2.45) is 0 Å². The predicted octanol–water partition coefficient (Wildman–Crippen LogP) is 7.18. The van der Waals surface area contributed by atoms with Gasteiger partial charge >= 0.3 is 5.97 Å². The van der Waals surface area contributed by atoms with E-state index in [0.29, 0.717) is 0 Å². The van der Waals surface area contributed by atoms with Crippen LogP contribution >= 0.6 is 0 Å². The van der Waals surface area contributed by atoms with Crippen molar-refractivity contribution in [3.63, 3.8) is 0 Å². The molecule has 2 atom stereocenters. The van der Waals surface area contributed by atoms with Crippen LogP contribution in [-0.2, 0) is 9.53 Å². The summed E-state index contributed by atoms with van der Waals surface area (Å²) in [6.45, 7) is 6.21. The Labute approximate surface area is 230 Å². The summed E-state index contributed by atoms with van der Waals surface area (Å²) in [5.74, 6) is 13.0. The number of hydrogen-bond donors (Lipinski definition) is 0. The topological polar surface area (TPSA) is 26.3 Å². The van der Waals surface area contributed by atoms with Crippen molar-refractivity contribution in [2.45, 2.75) is 32.6 Å². The number of methoxy groups -OCH3 is 1. The molecule has 7 rings (SSSR count). The van der Waals surface area contributed by atoms with Crippen LogP contribution in [0.25, 0.3) is 0 Å². The third-order valence-electron chi connectivity index (χ3n) is 7.82. The van der Waals surface area contributed by atoms with E-state index in [1.165, 1.54) is 23.8 Å². The summed E-state index contributed by atoms with van der Waals surface area (Å²) in [4.78, 5) is 13.2. The van der Waals surface area contributed by atoms with Gasteiger partial charge in [0.25, 0.3) is 0 Å². The third-order valence-corrected chi connectivity index (χ3v) is 7.82. The first-order valence-electron chi connectivity index (χ1n) is 13.2. The van der Waals surface area contributed by atoms with Crippen LogP contribution in [0.15, 0.2) is 96.1 Å². The van der Waals surface area contributed by atoms with Gasteiger partial charge in [-0.05, 0) is 85.0 Å². The largest absolute Gasteiger partial charge is 0.466 e. The van der Waals surface area contributed by atoms with Crippen LogP contribution in [0, 0.1) is 37.5 Å². The smallest absolute Gasteiger partial charge is 0.334 e. The molecule has 4 aromatic rings. The van der Waals surface area contributed by atoms with Crippen LogP contribution in [0.5, 0.6) is 0 Å². The lowest BCUT2D eigenvalue weighted by Gasteiger charge is -2.43. The van der Waals surface area contributed by atoms with Crippen LogP contribution in [0.4, 0.5) is 0 Å².